The second-order valence-electron chi connectivity index (χ2n) is 5.35. The number of carbonyl (C=O) groups excluding carboxylic acids is 1. The minimum Gasteiger partial charge on any atom is -0.426 e. The Morgan fingerprint density at radius 2 is 1.71 bits per heavy atom. The Hall–Kier alpha value is -2.35. The molecule has 106 valence electrons. The van der Waals surface area contributed by atoms with Gasteiger partial charge in [-0.15, -0.1) is 0 Å². The van der Waals surface area contributed by atoms with E-state index in [2.05, 4.69) is 18.2 Å². The topological polar surface area (TPSA) is 26.3 Å². The molecule has 1 aliphatic carbocycles. The molecule has 0 aromatic heterocycles. The highest BCUT2D eigenvalue weighted by Crippen LogP contribution is 2.33. The van der Waals surface area contributed by atoms with Crippen LogP contribution in [0.5, 0.6) is 0 Å². The molecule has 0 amide bonds. The van der Waals surface area contributed by atoms with Gasteiger partial charge < -0.3 is 4.74 Å². The van der Waals surface area contributed by atoms with E-state index >= 15 is 0 Å². The number of esters is 1. The molecule has 21 heavy (non-hydrogen) atoms. The minimum absolute atomic E-state index is 0.257. The molecule has 2 aromatic carbocycles. The molecule has 0 aliphatic heterocycles. The summed E-state index contributed by atoms with van der Waals surface area (Å²) in [4.78, 5) is 11.5. The smallest absolute Gasteiger partial charge is 0.308 e. The van der Waals surface area contributed by atoms with Crippen LogP contribution in [0.15, 0.2) is 60.2 Å². The second kappa shape index (κ2) is 5.96. The van der Waals surface area contributed by atoms with Crippen LogP contribution in [0.1, 0.15) is 30.0 Å². The van der Waals surface area contributed by atoms with Crippen LogP contribution in [-0.2, 0) is 22.4 Å². The van der Waals surface area contributed by atoms with E-state index in [4.69, 9.17) is 4.74 Å². The number of carbonyl (C=O) groups is 1. The van der Waals surface area contributed by atoms with E-state index in [1.165, 1.54) is 23.6 Å². The van der Waals surface area contributed by atoms with Gasteiger partial charge in [0.1, 0.15) is 5.76 Å². The fraction of sp³-hybridized carbons (Fsp3) is 0.211. The van der Waals surface area contributed by atoms with Crippen LogP contribution in [0.2, 0.25) is 0 Å². The first kappa shape index (κ1) is 13.6. The number of aryl methyl sites for hydroxylation is 1. The molecule has 0 bridgehead atoms. The van der Waals surface area contributed by atoms with Gasteiger partial charge in [-0.3, -0.25) is 4.79 Å². The average molecular weight is 278 g/mol. The van der Waals surface area contributed by atoms with Crippen molar-refractivity contribution in [3.05, 3.63) is 76.9 Å². The van der Waals surface area contributed by atoms with Gasteiger partial charge in [-0.1, -0.05) is 54.6 Å². The van der Waals surface area contributed by atoms with E-state index in [1.807, 2.05) is 36.4 Å². The molecule has 0 atom stereocenters. The van der Waals surface area contributed by atoms with Crippen LogP contribution >= 0.6 is 0 Å². The van der Waals surface area contributed by atoms with Crippen LogP contribution in [-0.4, -0.2) is 5.97 Å². The Kier molecular flexibility index (Phi) is 3.87. The Labute approximate surface area is 125 Å². The van der Waals surface area contributed by atoms with Gasteiger partial charge in [0, 0.05) is 12.5 Å². The van der Waals surface area contributed by atoms with Gasteiger partial charge in [-0.25, -0.2) is 0 Å². The summed E-state index contributed by atoms with van der Waals surface area (Å²) in [6.07, 6.45) is 2.77. The van der Waals surface area contributed by atoms with Crippen LogP contribution < -0.4 is 0 Å². The van der Waals surface area contributed by atoms with Crippen molar-refractivity contribution in [1.29, 1.82) is 0 Å². The lowest BCUT2D eigenvalue weighted by Crippen LogP contribution is -2.11. The van der Waals surface area contributed by atoms with Gasteiger partial charge in [0.2, 0.25) is 0 Å². The maximum absolute atomic E-state index is 11.5. The zero-order chi connectivity index (χ0) is 14.7. The summed E-state index contributed by atoms with van der Waals surface area (Å²) in [5.41, 5.74) is 4.77. The number of hydrogen-bond donors (Lipinski definition) is 0. The van der Waals surface area contributed by atoms with Crippen molar-refractivity contribution in [2.45, 2.75) is 26.2 Å². The predicted octanol–water partition coefficient (Wildman–Crippen LogP) is 4.15. The second-order valence-corrected chi connectivity index (χ2v) is 5.35. The van der Waals surface area contributed by atoms with E-state index in [9.17, 15) is 4.79 Å². The molecule has 2 nitrogen and oxygen atoms in total. The quantitative estimate of drug-likeness (QED) is 0.788. The summed E-state index contributed by atoms with van der Waals surface area (Å²) < 4.78 is 5.54. The largest absolute Gasteiger partial charge is 0.426 e. The van der Waals surface area contributed by atoms with Crippen molar-refractivity contribution in [2.24, 2.45) is 0 Å². The molecule has 2 aromatic rings. The van der Waals surface area contributed by atoms with Gasteiger partial charge in [-0.2, -0.15) is 0 Å². The van der Waals surface area contributed by atoms with Crippen molar-refractivity contribution in [2.75, 3.05) is 0 Å². The molecule has 0 unspecified atom stereocenters. The Balaban J connectivity index is 2.01. The molecule has 0 heterocycles. The molecular weight excluding hydrogens is 260 g/mol. The van der Waals surface area contributed by atoms with Crippen molar-refractivity contribution in [1.82, 2.24) is 0 Å². The Morgan fingerprint density at radius 1 is 1.00 bits per heavy atom. The van der Waals surface area contributed by atoms with Crippen molar-refractivity contribution < 1.29 is 9.53 Å². The van der Waals surface area contributed by atoms with Crippen molar-refractivity contribution in [3.8, 4) is 0 Å². The molecule has 1 aliphatic rings. The summed E-state index contributed by atoms with van der Waals surface area (Å²) in [5, 5.41) is 0. The summed E-state index contributed by atoms with van der Waals surface area (Å²) in [6, 6.07) is 18.5. The summed E-state index contributed by atoms with van der Waals surface area (Å²) in [6.45, 7) is 1.46. The SMILES string of the molecule is CC(=O)OC1=C(Cc2ccccc2)CCc2ccccc21. The normalized spacial score (nSPS) is 13.8. The van der Waals surface area contributed by atoms with Gasteiger partial charge in [0.25, 0.3) is 0 Å². The highest BCUT2D eigenvalue weighted by molar-refractivity contribution is 5.79. The van der Waals surface area contributed by atoms with Crippen molar-refractivity contribution >= 4 is 11.7 Å². The lowest BCUT2D eigenvalue weighted by molar-refractivity contribution is -0.134. The first-order chi connectivity index (χ1) is 10.2. The average Bonchev–Trinajstić information content (AvgIpc) is 2.50. The third kappa shape index (κ3) is 3.05. The Bertz CT molecular complexity index is 684. The lowest BCUT2D eigenvalue weighted by Gasteiger charge is -2.22. The predicted molar refractivity (Wildman–Crippen MR) is 83.6 cm³/mol. The third-order valence-corrected chi connectivity index (χ3v) is 3.79. The van der Waals surface area contributed by atoms with E-state index < -0.39 is 0 Å². The van der Waals surface area contributed by atoms with Gasteiger partial charge >= 0.3 is 5.97 Å². The molecule has 2 heteroatoms. The zero-order valence-electron chi connectivity index (χ0n) is 12.1. The summed E-state index contributed by atoms with van der Waals surface area (Å²) in [7, 11) is 0. The molecule has 3 rings (SSSR count). The molecule has 0 saturated carbocycles. The first-order valence-electron chi connectivity index (χ1n) is 7.26. The molecular formula is C19H18O2. The number of fused-ring (bicyclic) bond motifs is 1. The van der Waals surface area contributed by atoms with Crippen LogP contribution in [0.3, 0.4) is 0 Å². The maximum atomic E-state index is 11.5. The van der Waals surface area contributed by atoms with E-state index in [1.54, 1.807) is 0 Å². The van der Waals surface area contributed by atoms with Gasteiger partial charge in [0.15, 0.2) is 0 Å². The fourth-order valence-electron chi connectivity index (χ4n) is 2.83. The Morgan fingerprint density at radius 3 is 2.48 bits per heavy atom. The van der Waals surface area contributed by atoms with E-state index in [0.717, 1.165) is 30.6 Å². The molecule has 0 radical (unpaired) electrons. The first-order valence-corrected chi connectivity index (χ1v) is 7.26. The van der Waals surface area contributed by atoms with E-state index in [-0.39, 0.29) is 5.97 Å². The fourth-order valence-corrected chi connectivity index (χ4v) is 2.83. The standard InChI is InChI=1S/C19H18O2/c1-14(20)21-19-17(13-15-7-3-2-4-8-15)12-11-16-9-5-6-10-18(16)19/h2-10H,11-13H2,1H3. The highest BCUT2D eigenvalue weighted by atomic mass is 16.5. The molecule has 0 N–H and O–H groups in total. The number of allylic oxidation sites excluding steroid dienone is 1. The number of benzene rings is 2. The monoisotopic (exact) mass is 278 g/mol. The molecule has 0 saturated heterocycles. The molecule has 0 fully saturated rings. The van der Waals surface area contributed by atoms with E-state index in [0.29, 0.717) is 0 Å². The minimum atomic E-state index is -0.257. The summed E-state index contributed by atoms with van der Waals surface area (Å²) >= 11 is 0. The van der Waals surface area contributed by atoms with Gasteiger partial charge in [-0.05, 0) is 36.0 Å². The number of rotatable bonds is 3. The lowest BCUT2D eigenvalue weighted by atomic mass is 9.87. The zero-order valence-corrected chi connectivity index (χ0v) is 12.1. The summed E-state index contributed by atoms with van der Waals surface area (Å²) in [5.74, 6) is 0.500. The van der Waals surface area contributed by atoms with Gasteiger partial charge in [0.05, 0.1) is 0 Å². The highest BCUT2D eigenvalue weighted by Gasteiger charge is 2.21. The van der Waals surface area contributed by atoms with Crippen molar-refractivity contribution in [3.63, 3.8) is 0 Å². The molecule has 0 spiro atoms. The third-order valence-electron chi connectivity index (χ3n) is 3.79. The van der Waals surface area contributed by atoms with Crippen LogP contribution in [0.25, 0.3) is 5.76 Å². The number of ether oxygens (including phenoxy) is 1. The number of hydrogen-bond acceptors (Lipinski definition) is 2. The van der Waals surface area contributed by atoms with Crippen LogP contribution in [0, 0.1) is 0 Å². The van der Waals surface area contributed by atoms with Crippen LogP contribution in [0.4, 0.5) is 0 Å². The maximum Gasteiger partial charge on any atom is 0.308 e.